The van der Waals surface area contributed by atoms with Gasteiger partial charge in [0.15, 0.2) is 0 Å². The maximum absolute atomic E-state index is 13.4. The van der Waals surface area contributed by atoms with E-state index in [9.17, 15) is 13.6 Å². The van der Waals surface area contributed by atoms with Crippen molar-refractivity contribution in [3.05, 3.63) is 40.7 Å². The molecule has 0 saturated heterocycles. The summed E-state index contributed by atoms with van der Waals surface area (Å²) < 4.78 is 26.6. The van der Waals surface area contributed by atoms with Gasteiger partial charge in [0, 0.05) is 23.0 Å². The van der Waals surface area contributed by atoms with Crippen LogP contribution in [0.15, 0.2) is 18.3 Å². The summed E-state index contributed by atoms with van der Waals surface area (Å²) in [5.74, 6) is -3.49. The predicted octanol–water partition coefficient (Wildman–Crippen LogP) is 2.86. The molecule has 0 spiro atoms. The Bertz CT molecular complexity index is 601. The van der Waals surface area contributed by atoms with Crippen LogP contribution in [-0.2, 0) is 0 Å². The molecule has 1 aromatic heterocycles. The van der Waals surface area contributed by atoms with Gasteiger partial charge in [-0.2, -0.15) is 0 Å². The highest BCUT2D eigenvalue weighted by molar-refractivity contribution is 6.30. The molecule has 2 rings (SSSR count). The molecular weight excluding hydrogens is 240 g/mol. The Balaban J connectivity index is 2.95. The molecule has 0 aliphatic rings. The van der Waals surface area contributed by atoms with Crippen LogP contribution in [0.4, 0.5) is 8.78 Å². The van der Waals surface area contributed by atoms with Crippen LogP contribution in [0.1, 0.15) is 10.4 Å². The second-order valence-corrected chi connectivity index (χ2v) is 3.46. The summed E-state index contributed by atoms with van der Waals surface area (Å²) in [6, 6.07) is 1.67. The van der Waals surface area contributed by atoms with Crippen molar-refractivity contribution >= 4 is 28.3 Å². The Morgan fingerprint density at radius 1 is 1.25 bits per heavy atom. The van der Waals surface area contributed by atoms with Crippen molar-refractivity contribution in [1.29, 1.82) is 0 Å². The van der Waals surface area contributed by atoms with Gasteiger partial charge in [0.25, 0.3) is 0 Å². The van der Waals surface area contributed by atoms with E-state index >= 15 is 0 Å². The standard InChI is InChI=1S/C10H4ClF2NO2/c11-8-1-4-5(3-14-8)9(10(15)16)7(13)2-6(4)12/h1-3H,(H,15,16). The number of fused-ring (bicyclic) bond motifs is 1. The molecule has 16 heavy (non-hydrogen) atoms. The Hall–Kier alpha value is -1.75. The minimum absolute atomic E-state index is 0.00865. The molecule has 0 amide bonds. The second kappa shape index (κ2) is 3.68. The number of carboxylic acids is 1. The molecule has 82 valence electrons. The quantitative estimate of drug-likeness (QED) is 0.784. The first kappa shape index (κ1) is 10.8. The Kier molecular flexibility index (Phi) is 2.47. The third-order valence-electron chi connectivity index (χ3n) is 2.10. The fourth-order valence-corrected chi connectivity index (χ4v) is 1.59. The van der Waals surface area contributed by atoms with Crippen LogP contribution in [0.5, 0.6) is 0 Å². The number of hydrogen-bond acceptors (Lipinski definition) is 2. The minimum atomic E-state index is -1.48. The molecule has 0 fully saturated rings. The van der Waals surface area contributed by atoms with Gasteiger partial charge in [0.05, 0.1) is 0 Å². The molecule has 0 radical (unpaired) electrons. The fourth-order valence-electron chi connectivity index (χ4n) is 1.43. The highest BCUT2D eigenvalue weighted by Crippen LogP contribution is 2.26. The zero-order valence-corrected chi connectivity index (χ0v) is 8.42. The summed E-state index contributed by atoms with van der Waals surface area (Å²) in [6.07, 6.45) is 1.03. The molecule has 0 unspecified atom stereocenters. The molecule has 0 aliphatic carbocycles. The van der Waals surface area contributed by atoms with Crippen molar-refractivity contribution in [2.75, 3.05) is 0 Å². The van der Waals surface area contributed by atoms with Crippen molar-refractivity contribution < 1.29 is 18.7 Å². The van der Waals surface area contributed by atoms with Crippen LogP contribution >= 0.6 is 11.6 Å². The van der Waals surface area contributed by atoms with E-state index in [4.69, 9.17) is 16.7 Å². The van der Waals surface area contributed by atoms with Crippen molar-refractivity contribution in [2.24, 2.45) is 0 Å². The summed E-state index contributed by atoms with van der Waals surface area (Å²) in [7, 11) is 0. The molecule has 3 nitrogen and oxygen atoms in total. The number of benzene rings is 1. The largest absolute Gasteiger partial charge is 0.478 e. The molecule has 2 aromatic rings. The van der Waals surface area contributed by atoms with Crippen LogP contribution in [0, 0.1) is 11.6 Å². The van der Waals surface area contributed by atoms with E-state index in [2.05, 4.69) is 4.98 Å². The zero-order valence-electron chi connectivity index (χ0n) is 7.67. The van der Waals surface area contributed by atoms with Gasteiger partial charge in [-0.1, -0.05) is 11.6 Å². The van der Waals surface area contributed by atoms with Crippen molar-refractivity contribution in [3.8, 4) is 0 Å². The molecule has 6 heteroatoms. The number of nitrogens with zero attached hydrogens (tertiary/aromatic N) is 1. The number of carboxylic acid groups (broad SMARTS) is 1. The summed E-state index contributed by atoms with van der Waals surface area (Å²) in [5, 5.41) is 8.62. The van der Waals surface area contributed by atoms with E-state index in [0.717, 1.165) is 12.3 Å². The van der Waals surface area contributed by atoms with E-state index in [1.165, 1.54) is 0 Å². The molecule has 1 aromatic carbocycles. The van der Waals surface area contributed by atoms with E-state index in [0.29, 0.717) is 6.07 Å². The summed E-state index contributed by atoms with van der Waals surface area (Å²) in [6.45, 7) is 0. The number of aromatic carboxylic acids is 1. The zero-order chi connectivity index (χ0) is 11.9. The molecule has 0 bridgehead atoms. The van der Waals surface area contributed by atoms with Crippen LogP contribution in [0.2, 0.25) is 5.15 Å². The lowest BCUT2D eigenvalue weighted by molar-refractivity contribution is 0.0694. The van der Waals surface area contributed by atoms with Gasteiger partial charge >= 0.3 is 5.97 Å². The smallest absolute Gasteiger partial charge is 0.339 e. The van der Waals surface area contributed by atoms with Crippen molar-refractivity contribution in [3.63, 3.8) is 0 Å². The van der Waals surface area contributed by atoms with Crippen LogP contribution < -0.4 is 0 Å². The first-order chi connectivity index (χ1) is 7.50. The number of hydrogen-bond donors (Lipinski definition) is 1. The number of aromatic nitrogens is 1. The third kappa shape index (κ3) is 1.59. The maximum Gasteiger partial charge on any atom is 0.339 e. The normalized spacial score (nSPS) is 10.7. The van der Waals surface area contributed by atoms with E-state index in [-0.39, 0.29) is 15.9 Å². The van der Waals surface area contributed by atoms with Gasteiger partial charge in [-0.05, 0) is 6.07 Å². The van der Waals surface area contributed by atoms with E-state index < -0.39 is 23.2 Å². The number of rotatable bonds is 1. The minimum Gasteiger partial charge on any atom is -0.478 e. The molecule has 0 atom stereocenters. The average molecular weight is 244 g/mol. The Labute approximate surface area is 93.3 Å². The number of carbonyl (C=O) groups is 1. The van der Waals surface area contributed by atoms with Gasteiger partial charge in [-0.3, -0.25) is 0 Å². The summed E-state index contributed by atoms with van der Waals surface area (Å²) >= 11 is 5.54. The topological polar surface area (TPSA) is 50.2 Å². The van der Waals surface area contributed by atoms with Crippen LogP contribution in [-0.4, -0.2) is 16.1 Å². The van der Waals surface area contributed by atoms with Gasteiger partial charge in [-0.25, -0.2) is 18.6 Å². The monoisotopic (exact) mass is 243 g/mol. The molecule has 1 heterocycles. The highest BCUT2D eigenvalue weighted by Gasteiger charge is 2.18. The lowest BCUT2D eigenvalue weighted by Crippen LogP contribution is -2.03. The number of pyridine rings is 1. The van der Waals surface area contributed by atoms with Crippen LogP contribution in [0.3, 0.4) is 0 Å². The summed E-state index contributed by atoms with van der Waals surface area (Å²) in [5.41, 5.74) is -0.611. The van der Waals surface area contributed by atoms with Gasteiger partial charge < -0.3 is 5.11 Å². The van der Waals surface area contributed by atoms with E-state index in [1.807, 2.05) is 0 Å². The average Bonchev–Trinajstić information content (AvgIpc) is 2.18. The summed E-state index contributed by atoms with van der Waals surface area (Å²) in [4.78, 5) is 14.4. The lowest BCUT2D eigenvalue weighted by Gasteiger charge is -2.05. The molecular formula is C10H4ClF2NO2. The first-order valence-electron chi connectivity index (χ1n) is 4.17. The third-order valence-corrected chi connectivity index (χ3v) is 2.31. The molecule has 0 saturated carbocycles. The predicted molar refractivity (Wildman–Crippen MR) is 53.6 cm³/mol. The van der Waals surface area contributed by atoms with Gasteiger partial charge in [-0.15, -0.1) is 0 Å². The van der Waals surface area contributed by atoms with Gasteiger partial charge in [0.2, 0.25) is 0 Å². The second-order valence-electron chi connectivity index (χ2n) is 3.07. The van der Waals surface area contributed by atoms with Crippen molar-refractivity contribution in [2.45, 2.75) is 0 Å². The van der Waals surface area contributed by atoms with E-state index in [1.54, 1.807) is 0 Å². The first-order valence-corrected chi connectivity index (χ1v) is 4.55. The van der Waals surface area contributed by atoms with Crippen molar-refractivity contribution in [1.82, 2.24) is 4.98 Å². The van der Waals surface area contributed by atoms with Gasteiger partial charge in [0.1, 0.15) is 22.4 Å². The number of halogens is 3. The molecule has 0 aliphatic heterocycles. The lowest BCUT2D eigenvalue weighted by atomic mass is 10.1. The Morgan fingerprint density at radius 2 is 1.94 bits per heavy atom. The fraction of sp³-hybridized carbons (Fsp3) is 0. The Morgan fingerprint density at radius 3 is 2.56 bits per heavy atom. The molecule has 1 N–H and O–H groups in total. The van der Waals surface area contributed by atoms with Crippen LogP contribution in [0.25, 0.3) is 10.8 Å². The highest BCUT2D eigenvalue weighted by atomic mass is 35.5. The maximum atomic E-state index is 13.4. The SMILES string of the molecule is O=C(O)c1c(F)cc(F)c2cc(Cl)ncc12.